The molecule has 9 nitrogen and oxygen atoms in total. The van der Waals surface area contributed by atoms with Crippen LogP contribution in [0.1, 0.15) is 122 Å². The smallest absolute Gasteiger partial charge is 0.333 e. The van der Waals surface area contributed by atoms with Crippen molar-refractivity contribution in [2.24, 2.45) is 0 Å². The lowest BCUT2D eigenvalue weighted by Gasteiger charge is -2.19. The van der Waals surface area contributed by atoms with Gasteiger partial charge < -0.3 is 20.0 Å². The molecular formula is C26H46N2O7. The van der Waals surface area contributed by atoms with Gasteiger partial charge in [0.05, 0.1) is 19.1 Å². The van der Waals surface area contributed by atoms with Gasteiger partial charge in [-0.3, -0.25) is 14.4 Å². The van der Waals surface area contributed by atoms with E-state index in [4.69, 9.17) is 14.7 Å². The molecule has 3 amide bonds. The number of carbonyl (C=O) groups excluding carboxylic acids is 4. The molecule has 0 aliphatic carbocycles. The second-order valence-corrected chi connectivity index (χ2v) is 9.34. The highest BCUT2D eigenvalue weighted by atomic mass is 16.7. The van der Waals surface area contributed by atoms with E-state index in [0.29, 0.717) is 11.5 Å². The van der Waals surface area contributed by atoms with Crippen molar-refractivity contribution < 1.29 is 33.9 Å². The van der Waals surface area contributed by atoms with E-state index in [2.05, 4.69) is 12.2 Å². The van der Waals surface area contributed by atoms with E-state index in [-0.39, 0.29) is 38.2 Å². The van der Waals surface area contributed by atoms with Crippen LogP contribution in [0.5, 0.6) is 0 Å². The van der Waals surface area contributed by atoms with Crippen LogP contribution in [-0.2, 0) is 28.8 Å². The van der Waals surface area contributed by atoms with E-state index < -0.39 is 30.6 Å². The van der Waals surface area contributed by atoms with Gasteiger partial charge >= 0.3 is 5.97 Å². The number of rotatable bonds is 22. The Kier molecular flexibility index (Phi) is 17.9. The zero-order chi connectivity index (χ0) is 25.7. The molecule has 0 bridgehead atoms. The van der Waals surface area contributed by atoms with Crippen molar-refractivity contribution in [3.05, 3.63) is 0 Å². The Morgan fingerprint density at radius 1 is 0.857 bits per heavy atom. The Morgan fingerprint density at radius 2 is 1.37 bits per heavy atom. The van der Waals surface area contributed by atoms with Gasteiger partial charge in [0.15, 0.2) is 0 Å². The van der Waals surface area contributed by atoms with Gasteiger partial charge in [0, 0.05) is 19.3 Å². The molecule has 0 aromatic heterocycles. The van der Waals surface area contributed by atoms with Crippen LogP contribution in [0.15, 0.2) is 0 Å². The van der Waals surface area contributed by atoms with E-state index in [1.54, 1.807) is 0 Å². The molecule has 35 heavy (non-hydrogen) atoms. The molecule has 0 aromatic rings. The number of imide groups is 1. The van der Waals surface area contributed by atoms with Crippen molar-refractivity contribution >= 4 is 23.7 Å². The van der Waals surface area contributed by atoms with E-state index >= 15 is 0 Å². The average molecular weight is 499 g/mol. The molecule has 202 valence electrons. The molecule has 2 N–H and O–H groups in total. The average Bonchev–Trinajstić information content (AvgIpc) is 3.15. The second-order valence-electron chi connectivity index (χ2n) is 9.34. The van der Waals surface area contributed by atoms with Crippen LogP contribution in [0.2, 0.25) is 0 Å². The van der Waals surface area contributed by atoms with Gasteiger partial charge in [0.1, 0.15) is 6.79 Å². The maximum atomic E-state index is 12.3. The van der Waals surface area contributed by atoms with Gasteiger partial charge in [0.25, 0.3) is 11.8 Å². The maximum absolute atomic E-state index is 12.3. The molecule has 0 saturated carbocycles. The standard InChI is InChI=1S/C26H46N2O7/c1-2-3-4-5-6-7-8-9-10-11-12-13-14-15-23(30)27-22(20-34-21-29)16-19-26(33)35-28-24(31)17-18-25(28)32/h22,29H,2-21H2,1H3,(H,27,30)/t22-/m0/s1. The summed E-state index contributed by atoms with van der Waals surface area (Å²) in [5, 5.41) is 12.2. The van der Waals surface area contributed by atoms with Gasteiger partial charge in [-0.25, -0.2) is 4.79 Å². The van der Waals surface area contributed by atoms with Crippen molar-refractivity contribution in [1.29, 1.82) is 0 Å². The fourth-order valence-corrected chi connectivity index (χ4v) is 4.09. The number of carbonyl (C=O) groups is 4. The number of amides is 3. The summed E-state index contributed by atoms with van der Waals surface area (Å²) in [5.74, 6) is -1.92. The molecule has 1 aliphatic heterocycles. The van der Waals surface area contributed by atoms with Crippen LogP contribution >= 0.6 is 0 Å². The highest BCUT2D eigenvalue weighted by Crippen LogP contribution is 2.14. The van der Waals surface area contributed by atoms with Crippen molar-refractivity contribution in [3.63, 3.8) is 0 Å². The minimum atomic E-state index is -0.728. The first kappa shape index (κ1) is 31.0. The van der Waals surface area contributed by atoms with E-state index in [1.165, 1.54) is 64.2 Å². The van der Waals surface area contributed by atoms with Crippen LogP contribution in [0.4, 0.5) is 0 Å². The second kappa shape index (κ2) is 20.2. The monoisotopic (exact) mass is 498 g/mol. The highest BCUT2D eigenvalue weighted by Gasteiger charge is 2.32. The first-order valence-electron chi connectivity index (χ1n) is 13.5. The van der Waals surface area contributed by atoms with Gasteiger partial charge in [-0.15, -0.1) is 5.06 Å². The first-order valence-corrected chi connectivity index (χ1v) is 13.5. The number of hydrogen-bond acceptors (Lipinski definition) is 7. The van der Waals surface area contributed by atoms with E-state index in [9.17, 15) is 19.2 Å². The molecule has 0 unspecified atom stereocenters. The summed E-state index contributed by atoms with van der Waals surface area (Å²) in [4.78, 5) is 52.2. The molecule has 0 radical (unpaired) electrons. The van der Waals surface area contributed by atoms with Gasteiger partial charge in [-0.05, 0) is 12.8 Å². The highest BCUT2D eigenvalue weighted by molar-refractivity contribution is 6.01. The lowest BCUT2D eigenvalue weighted by molar-refractivity contribution is -0.197. The summed E-state index contributed by atoms with van der Waals surface area (Å²) in [6.07, 6.45) is 16.7. The largest absolute Gasteiger partial charge is 0.371 e. The van der Waals surface area contributed by atoms with Crippen LogP contribution < -0.4 is 5.32 Å². The summed E-state index contributed by atoms with van der Waals surface area (Å²) in [5.41, 5.74) is 0. The third-order valence-corrected chi connectivity index (χ3v) is 6.18. The summed E-state index contributed by atoms with van der Waals surface area (Å²) in [6, 6.07) is -0.478. The minimum Gasteiger partial charge on any atom is -0.371 e. The van der Waals surface area contributed by atoms with Crippen molar-refractivity contribution in [1.82, 2.24) is 10.4 Å². The lowest BCUT2D eigenvalue weighted by Crippen LogP contribution is -2.39. The van der Waals surface area contributed by atoms with Crippen LogP contribution in [0, 0.1) is 0 Å². The molecular weight excluding hydrogens is 452 g/mol. The molecule has 0 aromatic carbocycles. The van der Waals surface area contributed by atoms with Crippen LogP contribution in [0.25, 0.3) is 0 Å². The molecule has 1 saturated heterocycles. The van der Waals surface area contributed by atoms with Crippen molar-refractivity contribution in [2.45, 2.75) is 129 Å². The summed E-state index contributed by atoms with van der Waals surface area (Å²) >= 11 is 0. The Labute approximate surface area is 210 Å². The number of unbranched alkanes of at least 4 members (excludes halogenated alkanes) is 12. The minimum absolute atomic E-state index is 0.0360. The lowest BCUT2D eigenvalue weighted by atomic mass is 10.0. The molecule has 1 aliphatic rings. The molecule has 1 rings (SSSR count). The number of nitrogens with one attached hydrogen (secondary N) is 1. The summed E-state index contributed by atoms with van der Waals surface area (Å²) < 4.78 is 4.99. The van der Waals surface area contributed by atoms with Crippen LogP contribution in [-0.4, -0.2) is 53.3 Å². The molecule has 1 atom stereocenters. The third-order valence-electron chi connectivity index (χ3n) is 6.18. The Morgan fingerprint density at radius 3 is 1.89 bits per heavy atom. The van der Waals surface area contributed by atoms with E-state index in [0.717, 1.165) is 19.3 Å². The summed E-state index contributed by atoms with van der Waals surface area (Å²) in [6.45, 7) is 1.80. The fraction of sp³-hybridized carbons (Fsp3) is 0.846. The predicted molar refractivity (Wildman–Crippen MR) is 132 cm³/mol. The number of nitrogens with zero attached hydrogens (tertiary/aromatic N) is 1. The van der Waals surface area contributed by atoms with Gasteiger partial charge in [-0.1, -0.05) is 84.0 Å². The topological polar surface area (TPSA) is 122 Å². The third kappa shape index (κ3) is 15.6. The zero-order valence-corrected chi connectivity index (χ0v) is 21.6. The quantitative estimate of drug-likeness (QED) is 0.130. The molecule has 9 heteroatoms. The molecule has 1 fully saturated rings. The molecule has 1 heterocycles. The summed E-state index contributed by atoms with van der Waals surface area (Å²) in [7, 11) is 0. The normalized spacial score (nSPS) is 14.4. The van der Waals surface area contributed by atoms with Gasteiger partial charge in [0.2, 0.25) is 5.91 Å². The van der Waals surface area contributed by atoms with Gasteiger partial charge in [-0.2, -0.15) is 0 Å². The molecule has 0 spiro atoms. The Balaban J connectivity index is 2.11. The number of hydrogen-bond donors (Lipinski definition) is 2. The van der Waals surface area contributed by atoms with Crippen molar-refractivity contribution in [2.75, 3.05) is 13.4 Å². The first-order chi connectivity index (χ1) is 17.0. The van der Waals surface area contributed by atoms with Crippen LogP contribution in [0.3, 0.4) is 0 Å². The predicted octanol–water partition coefficient (Wildman–Crippen LogP) is 4.31. The van der Waals surface area contributed by atoms with E-state index in [1.807, 2.05) is 0 Å². The zero-order valence-electron chi connectivity index (χ0n) is 21.6. The SMILES string of the molecule is CCCCCCCCCCCCCCCC(=O)N[C@@H](CCC(=O)ON1C(=O)CCC1=O)COCO. The van der Waals surface area contributed by atoms with Crippen molar-refractivity contribution in [3.8, 4) is 0 Å². The number of hydroxylamine groups is 2. The number of ether oxygens (including phenoxy) is 1. The Hall–Kier alpha value is -2.00. The number of aliphatic hydroxyl groups is 1. The maximum Gasteiger partial charge on any atom is 0.333 e. The Bertz CT molecular complexity index is 611. The number of aliphatic hydroxyl groups excluding tert-OH is 1. The fourth-order valence-electron chi connectivity index (χ4n) is 4.09.